The van der Waals surface area contributed by atoms with E-state index in [1.807, 2.05) is 31.2 Å². The second-order valence-corrected chi connectivity index (χ2v) is 10.7. The lowest BCUT2D eigenvalue weighted by molar-refractivity contribution is -0.140. The van der Waals surface area contributed by atoms with Gasteiger partial charge in [-0.05, 0) is 60.0 Å². The van der Waals surface area contributed by atoms with Crippen molar-refractivity contribution in [2.75, 3.05) is 39.4 Å². The second kappa shape index (κ2) is 12.4. The fourth-order valence-electron chi connectivity index (χ4n) is 5.01. The molecule has 1 N–H and O–H groups in total. The topological polar surface area (TPSA) is 79.3 Å². The van der Waals surface area contributed by atoms with E-state index in [1.54, 1.807) is 42.5 Å². The van der Waals surface area contributed by atoms with Gasteiger partial charge >= 0.3 is 0 Å². The molecule has 2 fully saturated rings. The standard InChI is InChI=1S/C31H30Cl2N2O5/c1-20-4-2-3-5-23(20)19-40-24-9-6-21(7-10-24)29(36)27-28(22-8-11-25(32)26(33)18-22)35(31(38)30(27)37)13-12-34-14-16-39-17-15-34/h2-11,18,28,36H,12-17,19H2,1H3/b29-27+. The lowest BCUT2D eigenvalue weighted by Crippen LogP contribution is -2.42. The number of aliphatic hydroxyl groups excluding tert-OH is 1. The van der Waals surface area contributed by atoms with Gasteiger partial charge in [-0.3, -0.25) is 14.5 Å². The minimum Gasteiger partial charge on any atom is -0.507 e. The van der Waals surface area contributed by atoms with Crippen LogP contribution in [0.1, 0.15) is 28.3 Å². The zero-order chi connectivity index (χ0) is 28.2. The van der Waals surface area contributed by atoms with E-state index in [-0.39, 0.29) is 11.3 Å². The molecule has 0 aromatic heterocycles. The van der Waals surface area contributed by atoms with E-state index in [0.717, 1.165) is 24.2 Å². The molecule has 2 saturated heterocycles. The highest BCUT2D eigenvalue weighted by Crippen LogP contribution is 2.41. The van der Waals surface area contributed by atoms with E-state index in [2.05, 4.69) is 4.90 Å². The summed E-state index contributed by atoms with van der Waals surface area (Å²) < 4.78 is 11.3. The largest absolute Gasteiger partial charge is 0.507 e. The second-order valence-electron chi connectivity index (χ2n) is 9.86. The number of carbonyl (C=O) groups excluding carboxylic acids is 2. The fraction of sp³-hybridized carbons (Fsp3) is 0.290. The molecule has 40 heavy (non-hydrogen) atoms. The van der Waals surface area contributed by atoms with Crippen LogP contribution in [0.25, 0.3) is 5.76 Å². The Balaban J connectivity index is 1.43. The molecule has 208 valence electrons. The number of amides is 1. The maximum atomic E-state index is 13.3. The van der Waals surface area contributed by atoms with E-state index >= 15 is 0 Å². The molecule has 0 saturated carbocycles. The number of aryl methyl sites for hydroxylation is 1. The molecule has 3 aromatic carbocycles. The number of benzene rings is 3. The molecular weight excluding hydrogens is 551 g/mol. The highest BCUT2D eigenvalue weighted by Gasteiger charge is 2.46. The minimum absolute atomic E-state index is 0.0129. The summed E-state index contributed by atoms with van der Waals surface area (Å²) in [7, 11) is 0. The number of morpholine rings is 1. The van der Waals surface area contributed by atoms with Crippen LogP contribution in [-0.2, 0) is 20.9 Å². The molecule has 0 radical (unpaired) electrons. The molecule has 2 heterocycles. The average Bonchev–Trinajstić information content (AvgIpc) is 3.22. The first kappa shape index (κ1) is 28.2. The van der Waals surface area contributed by atoms with Gasteiger partial charge in [0.2, 0.25) is 0 Å². The number of aliphatic hydroxyl groups is 1. The van der Waals surface area contributed by atoms with Gasteiger partial charge in [0.15, 0.2) is 0 Å². The first-order valence-electron chi connectivity index (χ1n) is 13.1. The molecular formula is C31H30Cl2N2O5. The average molecular weight is 581 g/mol. The Morgan fingerprint density at radius 2 is 1.70 bits per heavy atom. The fourth-order valence-corrected chi connectivity index (χ4v) is 5.32. The molecule has 2 aliphatic rings. The van der Waals surface area contributed by atoms with Crippen LogP contribution >= 0.6 is 23.2 Å². The summed E-state index contributed by atoms with van der Waals surface area (Å²) in [6, 6.07) is 19.0. The molecule has 9 heteroatoms. The third-order valence-electron chi connectivity index (χ3n) is 7.34. The van der Waals surface area contributed by atoms with Crippen LogP contribution in [0.3, 0.4) is 0 Å². The Morgan fingerprint density at radius 3 is 2.40 bits per heavy atom. The predicted octanol–water partition coefficient (Wildman–Crippen LogP) is 5.63. The van der Waals surface area contributed by atoms with Crippen LogP contribution < -0.4 is 4.74 Å². The summed E-state index contributed by atoms with van der Waals surface area (Å²) in [5.41, 5.74) is 3.22. The summed E-state index contributed by atoms with van der Waals surface area (Å²) in [5.74, 6) is -1.04. The Labute approximate surface area is 243 Å². The third-order valence-corrected chi connectivity index (χ3v) is 8.08. The summed E-state index contributed by atoms with van der Waals surface area (Å²) in [4.78, 5) is 30.3. The van der Waals surface area contributed by atoms with Crippen LogP contribution in [-0.4, -0.2) is 66.0 Å². The monoisotopic (exact) mass is 580 g/mol. The molecule has 0 bridgehead atoms. The number of nitrogens with zero attached hydrogens (tertiary/aromatic N) is 2. The first-order valence-corrected chi connectivity index (χ1v) is 13.9. The number of hydrogen-bond acceptors (Lipinski definition) is 6. The molecule has 1 unspecified atom stereocenters. The van der Waals surface area contributed by atoms with Crippen molar-refractivity contribution in [3.05, 3.63) is 105 Å². The van der Waals surface area contributed by atoms with Crippen molar-refractivity contribution in [1.29, 1.82) is 0 Å². The van der Waals surface area contributed by atoms with E-state index in [9.17, 15) is 14.7 Å². The number of halogens is 2. The number of rotatable bonds is 8. The highest BCUT2D eigenvalue weighted by atomic mass is 35.5. The van der Waals surface area contributed by atoms with Gasteiger partial charge in [-0.15, -0.1) is 0 Å². The van der Waals surface area contributed by atoms with E-state index in [1.165, 1.54) is 4.90 Å². The number of ketones is 1. The number of hydrogen-bond donors (Lipinski definition) is 1. The van der Waals surface area contributed by atoms with Crippen LogP contribution in [0.15, 0.2) is 72.3 Å². The maximum absolute atomic E-state index is 13.3. The Morgan fingerprint density at radius 1 is 0.975 bits per heavy atom. The van der Waals surface area contributed by atoms with Gasteiger partial charge in [0.1, 0.15) is 18.1 Å². The molecule has 1 atom stereocenters. The van der Waals surface area contributed by atoms with Gasteiger partial charge in [-0.25, -0.2) is 0 Å². The zero-order valence-corrected chi connectivity index (χ0v) is 23.6. The molecule has 3 aromatic rings. The molecule has 2 aliphatic heterocycles. The minimum atomic E-state index is -0.812. The smallest absolute Gasteiger partial charge is 0.295 e. The van der Waals surface area contributed by atoms with Gasteiger partial charge in [-0.1, -0.05) is 53.5 Å². The van der Waals surface area contributed by atoms with Crippen molar-refractivity contribution >= 4 is 40.7 Å². The molecule has 7 nitrogen and oxygen atoms in total. The van der Waals surface area contributed by atoms with Crippen LogP contribution in [0.5, 0.6) is 5.75 Å². The number of Topliss-reactive ketones (excluding diaryl/α,β-unsaturated/α-hetero) is 1. The Hall–Kier alpha value is -3.36. The third kappa shape index (κ3) is 6.03. The van der Waals surface area contributed by atoms with Crippen LogP contribution in [0.4, 0.5) is 0 Å². The van der Waals surface area contributed by atoms with E-state index in [0.29, 0.717) is 59.8 Å². The first-order chi connectivity index (χ1) is 19.3. The molecule has 0 aliphatic carbocycles. The summed E-state index contributed by atoms with van der Waals surface area (Å²) >= 11 is 12.5. The Kier molecular flexibility index (Phi) is 8.76. The maximum Gasteiger partial charge on any atom is 0.295 e. The summed E-state index contributed by atoms with van der Waals surface area (Å²) in [5, 5.41) is 12.0. The van der Waals surface area contributed by atoms with Crippen molar-refractivity contribution in [3.63, 3.8) is 0 Å². The summed E-state index contributed by atoms with van der Waals surface area (Å²) in [6.07, 6.45) is 0. The lowest BCUT2D eigenvalue weighted by atomic mass is 9.95. The van der Waals surface area contributed by atoms with Crippen LogP contribution in [0, 0.1) is 6.92 Å². The highest BCUT2D eigenvalue weighted by molar-refractivity contribution is 6.46. The normalized spacial score (nSPS) is 19.3. The van der Waals surface area contributed by atoms with E-state index in [4.69, 9.17) is 32.7 Å². The van der Waals surface area contributed by atoms with Crippen molar-refractivity contribution in [1.82, 2.24) is 9.80 Å². The van der Waals surface area contributed by atoms with Gasteiger partial charge in [0.25, 0.3) is 11.7 Å². The van der Waals surface area contributed by atoms with Gasteiger partial charge < -0.3 is 19.5 Å². The van der Waals surface area contributed by atoms with Crippen LogP contribution in [0.2, 0.25) is 10.0 Å². The van der Waals surface area contributed by atoms with Crippen molar-refractivity contribution in [2.24, 2.45) is 0 Å². The number of likely N-dealkylation sites (tertiary alicyclic amines) is 1. The number of carbonyl (C=O) groups is 2. The molecule has 5 rings (SSSR count). The number of ether oxygens (including phenoxy) is 2. The predicted molar refractivity (Wildman–Crippen MR) is 155 cm³/mol. The summed E-state index contributed by atoms with van der Waals surface area (Å²) in [6.45, 7) is 6.06. The quantitative estimate of drug-likeness (QED) is 0.211. The van der Waals surface area contributed by atoms with Gasteiger partial charge in [0, 0.05) is 31.7 Å². The van der Waals surface area contributed by atoms with Crippen molar-refractivity contribution in [3.8, 4) is 5.75 Å². The van der Waals surface area contributed by atoms with E-state index < -0.39 is 17.7 Å². The van der Waals surface area contributed by atoms with Gasteiger partial charge in [0.05, 0.1) is 34.9 Å². The van der Waals surface area contributed by atoms with Crippen molar-refractivity contribution < 1.29 is 24.2 Å². The Bertz CT molecular complexity index is 1430. The molecule has 0 spiro atoms. The lowest BCUT2D eigenvalue weighted by Gasteiger charge is -2.31. The zero-order valence-electron chi connectivity index (χ0n) is 22.1. The SMILES string of the molecule is Cc1ccccc1COc1ccc(/C(O)=C2\C(=O)C(=O)N(CCN3CCOCC3)C2c2ccc(Cl)c(Cl)c2)cc1. The molecule has 1 amide bonds. The van der Waals surface area contributed by atoms with Gasteiger partial charge in [-0.2, -0.15) is 0 Å². The van der Waals surface area contributed by atoms with Crippen molar-refractivity contribution in [2.45, 2.75) is 19.6 Å².